The fraction of sp³-hybridized carbons (Fsp3) is 0.458. The molecule has 0 aliphatic heterocycles. The third kappa shape index (κ3) is 6.59. The summed E-state index contributed by atoms with van der Waals surface area (Å²) in [6.07, 6.45) is 2.74. The minimum absolute atomic E-state index is 0.0384. The van der Waals surface area contributed by atoms with E-state index in [-0.39, 0.29) is 24.9 Å². The predicted octanol–water partition coefficient (Wildman–Crippen LogP) is 4.73. The van der Waals surface area contributed by atoms with Crippen molar-refractivity contribution in [2.24, 2.45) is 0 Å². The van der Waals surface area contributed by atoms with Gasteiger partial charge in [0.05, 0.1) is 18.0 Å². The van der Waals surface area contributed by atoms with Gasteiger partial charge in [0.2, 0.25) is 15.9 Å². The SMILES string of the molecule is CCC(NC(=O)CCCN(c1cc(C)cc(C)c1)S(C)(=O)=O)c1ccc(C)cc1C. The number of anilines is 1. The van der Waals surface area contributed by atoms with Crippen LogP contribution < -0.4 is 9.62 Å². The number of nitrogens with zero attached hydrogens (tertiary/aromatic N) is 1. The normalized spacial score (nSPS) is 12.5. The number of benzene rings is 2. The molecule has 0 saturated carbocycles. The van der Waals surface area contributed by atoms with Crippen molar-refractivity contribution >= 4 is 21.6 Å². The van der Waals surface area contributed by atoms with Gasteiger partial charge in [-0.2, -0.15) is 0 Å². The number of carbonyl (C=O) groups is 1. The third-order valence-electron chi connectivity index (χ3n) is 5.20. The lowest BCUT2D eigenvalue weighted by atomic mass is 9.97. The summed E-state index contributed by atoms with van der Waals surface area (Å²) in [7, 11) is -3.43. The molecular formula is C24H34N2O3S. The molecule has 6 heteroatoms. The van der Waals surface area contributed by atoms with Crippen molar-refractivity contribution in [1.29, 1.82) is 0 Å². The third-order valence-corrected chi connectivity index (χ3v) is 6.40. The Labute approximate surface area is 181 Å². The van der Waals surface area contributed by atoms with Crippen molar-refractivity contribution in [3.8, 4) is 0 Å². The van der Waals surface area contributed by atoms with Gasteiger partial charge in [-0.05, 0) is 74.9 Å². The summed E-state index contributed by atoms with van der Waals surface area (Å²) in [5.74, 6) is -0.0595. The van der Waals surface area contributed by atoms with Crippen LogP contribution in [0.2, 0.25) is 0 Å². The second-order valence-corrected chi connectivity index (χ2v) is 10.1. The van der Waals surface area contributed by atoms with E-state index in [9.17, 15) is 13.2 Å². The summed E-state index contributed by atoms with van der Waals surface area (Å²) in [4.78, 5) is 12.6. The number of hydrogen-bond acceptors (Lipinski definition) is 3. The van der Waals surface area contributed by atoms with E-state index >= 15 is 0 Å². The maximum absolute atomic E-state index is 12.6. The first kappa shape index (κ1) is 23.9. The highest BCUT2D eigenvalue weighted by atomic mass is 32.2. The Kier molecular flexibility index (Phi) is 8.07. The van der Waals surface area contributed by atoms with Crippen LogP contribution in [0.4, 0.5) is 5.69 Å². The molecule has 164 valence electrons. The molecule has 1 atom stereocenters. The average molecular weight is 431 g/mol. The minimum atomic E-state index is -3.43. The molecule has 0 fully saturated rings. The summed E-state index contributed by atoms with van der Waals surface area (Å²) in [6.45, 7) is 10.3. The first-order valence-electron chi connectivity index (χ1n) is 10.4. The summed E-state index contributed by atoms with van der Waals surface area (Å²) in [5.41, 5.74) is 6.16. The maximum atomic E-state index is 12.6. The van der Waals surface area contributed by atoms with Gasteiger partial charge in [0, 0.05) is 13.0 Å². The summed E-state index contributed by atoms with van der Waals surface area (Å²) < 4.78 is 26.0. The molecule has 0 aliphatic carbocycles. The lowest BCUT2D eigenvalue weighted by Gasteiger charge is -2.24. The van der Waals surface area contributed by atoms with E-state index in [1.807, 2.05) is 32.0 Å². The van der Waals surface area contributed by atoms with Crippen molar-refractivity contribution in [1.82, 2.24) is 5.32 Å². The fourth-order valence-electron chi connectivity index (χ4n) is 3.85. The van der Waals surface area contributed by atoms with Crippen molar-refractivity contribution in [2.75, 3.05) is 17.1 Å². The average Bonchev–Trinajstić information content (AvgIpc) is 2.62. The highest BCUT2D eigenvalue weighted by molar-refractivity contribution is 7.92. The molecule has 5 nitrogen and oxygen atoms in total. The van der Waals surface area contributed by atoms with Gasteiger partial charge in [0.15, 0.2) is 0 Å². The monoisotopic (exact) mass is 430 g/mol. The Bertz CT molecular complexity index is 979. The number of carbonyl (C=O) groups excluding carboxylic acids is 1. The Balaban J connectivity index is 2.03. The second-order valence-electron chi connectivity index (χ2n) is 8.17. The van der Waals surface area contributed by atoms with E-state index in [2.05, 4.69) is 44.3 Å². The molecule has 2 aromatic rings. The summed E-state index contributed by atoms with van der Waals surface area (Å²) in [6, 6.07) is 12.0. The van der Waals surface area contributed by atoms with Crippen LogP contribution in [0, 0.1) is 27.7 Å². The number of hydrogen-bond donors (Lipinski definition) is 1. The van der Waals surface area contributed by atoms with Gasteiger partial charge in [-0.1, -0.05) is 36.8 Å². The molecule has 0 spiro atoms. The van der Waals surface area contributed by atoms with E-state index in [1.165, 1.54) is 21.7 Å². The smallest absolute Gasteiger partial charge is 0.232 e. The van der Waals surface area contributed by atoms with Gasteiger partial charge >= 0.3 is 0 Å². The minimum Gasteiger partial charge on any atom is -0.349 e. The Morgan fingerprint density at radius 3 is 2.17 bits per heavy atom. The van der Waals surface area contributed by atoms with Gasteiger partial charge in [-0.15, -0.1) is 0 Å². The van der Waals surface area contributed by atoms with E-state index < -0.39 is 10.0 Å². The maximum Gasteiger partial charge on any atom is 0.232 e. The molecule has 2 rings (SSSR count). The second kappa shape index (κ2) is 10.1. The predicted molar refractivity (Wildman–Crippen MR) is 124 cm³/mol. The molecular weight excluding hydrogens is 396 g/mol. The highest BCUT2D eigenvalue weighted by Crippen LogP contribution is 2.23. The van der Waals surface area contributed by atoms with Crippen LogP contribution in [0.3, 0.4) is 0 Å². The zero-order valence-electron chi connectivity index (χ0n) is 19.0. The lowest BCUT2D eigenvalue weighted by Crippen LogP contribution is -2.33. The number of rotatable bonds is 9. The largest absolute Gasteiger partial charge is 0.349 e. The zero-order chi connectivity index (χ0) is 22.5. The molecule has 30 heavy (non-hydrogen) atoms. The van der Waals surface area contributed by atoms with Crippen LogP contribution in [-0.4, -0.2) is 27.1 Å². The molecule has 0 heterocycles. The lowest BCUT2D eigenvalue weighted by molar-refractivity contribution is -0.121. The van der Waals surface area contributed by atoms with E-state index in [0.717, 1.165) is 23.1 Å². The molecule has 0 aromatic heterocycles. The van der Waals surface area contributed by atoms with E-state index in [4.69, 9.17) is 0 Å². The topological polar surface area (TPSA) is 66.5 Å². The Morgan fingerprint density at radius 1 is 1.00 bits per heavy atom. The van der Waals surface area contributed by atoms with Crippen molar-refractivity contribution in [2.45, 2.75) is 59.9 Å². The van der Waals surface area contributed by atoms with Crippen molar-refractivity contribution in [3.63, 3.8) is 0 Å². The zero-order valence-corrected chi connectivity index (χ0v) is 19.8. The van der Waals surface area contributed by atoms with Gasteiger partial charge in [0.25, 0.3) is 0 Å². The number of sulfonamides is 1. The van der Waals surface area contributed by atoms with Crippen LogP contribution in [0.1, 0.15) is 60.0 Å². The van der Waals surface area contributed by atoms with Gasteiger partial charge in [-0.3, -0.25) is 9.10 Å². The van der Waals surface area contributed by atoms with Crippen LogP contribution in [0.5, 0.6) is 0 Å². The number of amides is 1. The molecule has 1 unspecified atom stereocenters. The summed E-state index contributed by atoms with van der Waals surface area (Å²) >= 11 is 0. The fourth-order valence-corrected chi connectivity index (χ4v) is 4.80. The molecule has 0 bridgehead atoms. The van der Waals surface area contributed by atoms with Crippen LogP contribution in [0.25, 0.3) is 0 Å². The number of nitrogens with one attached hydrogen (secondary N) is 1. The summed E-state index contributed by atoms with van der Waals surface area (Å²) in [5, 5.41) is 3.11. The molecule has 0 radical (unpaired) electrons. The highest BCUT2D eigenvalue weighted by Gasteiger charge is 2.19. The quantitative estimate of drug-likeness (QED) is 0.625. The van der Waals surface area contributed by atoms with Crippen LogP contribution in [0.15, 0.2) is 36.4 Å². The first-order chi connectivity index (χ1) is 14.0. The van der Waals surface area contributed by atoms with Crippen molar-refractivity contribution < 1.29 is 13.2 Å². The standard InChI is InChI=1S/C24H34N2O3S/c1-7-23(22-11-10-17(2)14-20(22)5)25-24(27)9-8-12-26(30(6,28)29)21-15-18(3)13-19(4)16-21/h10-11,13-16,23H,7-9,12H2,1-6H3,(H,25,27). The van der Waals surface area contributed by atoms with Crippen LogP contribution >= 0.6 is 0 Å². The van der Waals surface area contributed by atoms with Crippen molar-refractivity contribution in [3.05, 3.63) is 64.2 Å². The number of aryl methyl sites for hydroxylation is 4. The van der Waals surface area contributed by atoms with E-state index in [1.54, 1.807) is 0 Å². The molecule has 1 N–H and O–H groups in total. The molecule has 1 amide bonds. The van der Waals surface area contributed by atoms with Gasteiger partial charge < -0.3 is 5.32 Å². The molecule has 0 aliphatic rings. The van der Waals surface area contributed by atoms with Crippen LogP contribution in [-0.2, 0) is 14.8 Å². The molecule has 0 saturated heterocycles. The van der Waals surface area contributed by atoms with Gasteiger partial charge in [-0.25, -0.2) is 8.42 Å². The first-order valence-corrected chi connectivity index (χ1v) is 12.3. The Morgan fingerprint density at radius 2 is 1.63 bits per heavy atom. The molecule has 2 aromatic carbocycles. The Hall–Kier alpha value is -2.34. The van der Waals surface area contributed by atoms with Gasteiger partial charge in [0.1, 0.15) is 0 Å². The van der Waals surface area contributed by atoms with E-state index in [0.29, 0.717) is 12.1 Å².